The average Bonchev–Trinajstić information content (AvgIpc) is 3.00. The Balaban J connectivity index is 1.75. The van der Waals surface area contributed by atoms with Crippen molar-refractivity contribution in [3.05, 3.63) is 59.2 Å². The summed E-state index contributed by atoms with van der Waals surface area (Å²) in [5, 5.41) is 3.51. The van der Waals surface area contributed by atoms with Crippen molar-refractivity contribution in [3.8, 4) is 5.75 Å². The number of anilines is 2. The van der Waals surface area contributed by atoms with Crippen LogP contribution in [0.5, 0.6) is 5.75 Å². The molecule has 0 saturated carbocycles. The Morgan fingerprint density at radius 1 is 1.26 bits per heavy atom. The Morgan fingerprint density at radius 3 is 2.96 bits per heavy atom. The van der Waals surface area contributed by atoms with E-state index in [0.29, 0.717) is 0 Å². The minimum atomic E-state index is -0.622. The monoisotopic (exact) mass is 307 g/mol. The molecule has 1 aliphatic heterocycles. The Morgan fingerprint density at radius 2 is 2.13 bits per heavy atom. The van der Waals surface area contributed by atoms with Gasteiger partial charge in [0, 0.05) is 22.9 Å². The molecule has 2 atom stereocenters. The molecule has 118 valence electrons. The number of nitrogens with two attached hydrogens (primary N) is 2. The second kappa shape index (κ2) is 5.03. The van der Waals surface area contributed by atoms with E-state index in [1.807, 2.05) is 30.3 Å². The van der Waals surface area contributed by atoms with Gasteiger partial charge in [0.1, 0.15) is 11.4 Å². The minimum Gasteiger partial charge on any atom is -0.496 e. The third kappa shape index (κ3) is 2.18. The number of nitrogen functional groups attached to an aromatic ring is 1. The van der Waals surface area contributed by atoms with Crippen LogP contribution in [0.3, 0.4) is 0 Å². The van der Waals surface area contributed by atoms with Crippen molar-refractivity contribution in [1.82, 2.24) is 0 Å². The molecule has 0 bridgehead atoms. The molecule has 0 amide bonds. The third-order valence-electron chi connectivity index (χ3n) is 4.97. The first-order chi connectivity index (χ1) is 11.1. The number of nitrogens with one attached hydrogen (secondary N) is 1. The van der Waals surface area contributed by atoms with Crippen molar-refractivity contribution in [1.29, 1.82) is 0 Å². The van der Waals surface area contributed by atoms with Gasteiger partial charge in [-0.15, -0.1) is 0 Å². The van der Waals surface area contributed by atoms with Gasteiger partial charge in [-0.3, -0.25) is 0 Å². The summed E-state index contributed by atoms with van der Waals surface area (Å²) in [5.41, 5.74) is 17.4. The largest absolute Gasteiger partial charge is 0.496 e. The zero-order chi connectivity index (χ0) is 16.0. The van der Waals surface area contributed by atoms with E-state index in [9.17, 15) is 0 Å². The minimum absolute atomic E-state index is 0.176. The molecular formula is C19H21N3O. The van der Waals surface area contributed by atoms with Crippen LogP contribution in [-0.2, 0) is 6.42 Å². The number of benzene rings is 2. The number of fused-ring (bicyclic) bond motifs is 2. The number of rotatable bonds is 2. The van der Waals surface area contributed by atoms with E-state index in [2.05, 4.69) is 23.5 Å². The third-order valence-corrected chi connectivity index (χ3v) is 4.97. The fourth-order valence-corrected chi connectivity index (χ4v) is 3.84. The lowest BCUT2D eigenvalue weighted by Gasteiger charge is -2.38. The highest BCUT2D eigenvalue weighted by Crippen LogP contribution is 2.46. The predicted molar refractivity (Wildman–Crippen MR) is 94.5 cm³/mol. The summed E-state index contributed by atoms with van der Waals surface area (Å²) in [4.78, 5) is 0. The first-order valence-electron chi connectivity index (χ1n) is 7.92. The molecule has 0 aromatic heterocycles. The van der Waals surface area contributed by atoms with Gasteiger partial charge in [0.2, 0.25) is 0 Å². The molecule has 2 unspecified atom stereocenters. The maximum absolute atomic E-state index is 6.77. The molecule has 2 aliphatic rings. The zero-order valence-electron chi connectivity index (χ0n) is 13.2. The smallest absolute Gasteiger partial charge is 0.122 e. The van der Waals surface area contributed by atoms with Crippen LogP contribution < -0.4 is 21.5 Å². The lowest BCUT2D eigenvalue weighted by molar-refractivity contribution is 0.393. The van der Waals surface area contributed by atoms with Crippen LogP contribution >= 0.6 is 0 Å². The highest BCUT2D eigenvalue weighted by molar-refractivity contribution is 5.75. The summed E-state index contributed by atoms with van der Waals surface area (Å²) in [6, 6.07) is 12.1. The van der Waals surface area contributed by atoms with E-state index in [1.165, 1.54) is 11.1 Å². The second-order valence-corrected chi connectivity index (χ2v) is 6.36. The van der Waals surface area contributed by atoms with Gasteiger partial charge < -0.3 is 21.5 Å². The van der Waals surface area contributed by atoms with E-state index in [-0.39, 0.29) is 5.92 Å². The molecular weight excluding hydrogens is 286 g/mol. The summed E-state index contributed by atoms with van der Waals surface area (Å²) in [5.74, 6) is 1.10. The summed E-state index contributed by atoms with van der Waals surface area (Å²) >= 11 is 0. The first kappa shape index (κ1) is 14.2. The van der Waals surface area contributed by atoms with Crippen molar-refractivity contribution in [3.63, 3.8) is 0 Å². The average molecular weight is 307 g/mol. The maximum atomic E-state index is 6.77. The molecule has 4 rings (SSSR count). The van der Waals surface area contributed by atoms with E-state index in [4.69, 9.17) is 16.2 Å². The number of methoxy groups -OCH3 is 1. The quantitative estimate of drug-likeness (QED) is 0.745. The number of aryl methyl sites for hydroxylation is 1. The van der Waals surface area contributed by atoms with Gasteiger partial charge in [0.25, 0.3) is 0 Å². The van der Waals surface area contributed by atoms with Crippen LogP contribution in [0.2, 0.25) is 0 Å². The molecule has 4 heteroatoms. The van der Waals surface area contributed by atoms with Crippen LogP contribution in [0.15, 0.2) is 42.5 Å². The van der Waals surface area contributed by atoms with Crippen molar-refractivity contribution >= 4 is 17.5 Å². The van der Waals surface area contributed by atoms with Gasteiger partial charge in [-0.25, -0.2) is 0 Å². The van der Waals surface area contributed by atoms with Gasteiger partial charge in [0.15, 0.2) is 0 Å². The van der Waals surface area contributed by atoms with E-state index >= 15 is 0 Å². The number of ether oxygens (including phenoxy) is 1. The Hall–Kier alpha value is -2.46. The molecule has 23 heavy (non-hydrogen) atoms. The zero-order valence-corrected chi connectivity index (χ0v) is 13.2. The van der Waals surface area contributed by atoms with Crippen molar-refractivity contribution in [2.75, 3.05) is 18.2 Å². The van der Waals surface area contributed by atoms with Gasteiger partial charge >= 0.3 is 0 Å². The number of hydrogen-bond acceptors (Lipinski definition) is 4. The topological polar surface area (TPSA) is 73.3 Å². The lowest BCUT2D eigenvalue weighted by atomic mass is 9.84. The summed E-state index contributed by atoms with van der Waals surface area (Å²) in [7, 11) is 1.72. The Kier molecular flexibility index (Phi) is 3.10. The van der Waals surface area contributed by atoms with E-state index in [1.54, 1.807) is 7.11 Å². The predicted octanol–water partition coefficient (Wildman–Crippen LogP) is 3.10. The van der Waals surface area contributed by atoms with Crippen LogP contribution in [0.4, 0.5) is 11.4 Å². The van der Waals surface area contributed by atoms with Gasteiger partial charge in [0.05, 0.1) is 7.11 Å². The molecule has 0 saturated heterocycles. The molecule has 5 N–H and O–H groups in total. The Bertz CT molecular complexity index is 799. The van der Waals surface area contributed by atoms with Gasteiger partial charge in [-0.05, 0) is 54.3 Å². The van der Waals surface area contributed by atoms with Gasteiger partial charge in [-0.2, -0.15) is 0 Å². The summed E-state index contributed by atoms with van der Waals surface area (Å²) < 4.78 is 5.58. The molecule has 1 aliphatic carbocycles. The molecule has 0 radical (unpaired) electrons. The van der Waals surface area contributed by atoms with Crippen LogP contribution in [0.25, 0.3) is 6.08 Å². The standard InChI is InChI=1S/C19H21N3O/c1-23-17-4-2-3-12-5-7-15(18(12)17)19(21)10-9-13-11-14(20)6-8-16(13)22-19/h2-4,6,8-11,15,22H,5,7,20-21H2,1H3. The van der Waals surface area contributed by atoms with Crippen LogP contribution in [0, 0.1) is 0 Å². The lowest BCUT2D eigenvalue weighted by Crippen LogP contribution is -2.51. The number of hydrogen-bond donors (Lipinski definition) is 3. The Labute approximate surface area is 136 Å². The summed E-state index contributed by atoms with van der Waals surface area (Å²) in [6.45, 7) is 0. The molecule has 0 fully saturated rings. The SMILES string of the molecule is COc1cccc2c1C(C1(N)C=Cc3cc(N)ccc3N1)CC2. The molecule has 2 aromatic rings. The van der Waals surface area contributed by atoms with Crippen LogP contribution in [-0.4, -0.2) is 12.8 Å². The fraction of sp³-hybridized carbons (Fsp3) is 0.263. The van der Waals surface area contributed by atoms with E-state index in [0.717, 1.165) is 35.5 Å². The molecule has 1 heterocycles. The first-order valence-corrected chi connectivity index (χ1v) is 7.92. The fourth-order valence-electron chi connectivity index (χ4n) is 3.84. The normalized spacial score (nSPS) is 24.7. The van der Waals surface area contributed by atoms with Crippen molar-refractivity contribution in [2.45, 2.75) is 24.4 Å². The van der Waals surface area contributed by atoms with Crippen molar-refractivity contribution in [2.24, 2.45) is 5.73 Å². The molecule has 2 aromatic carbocycles. The van der Waals surface area contributed by atoms with E-state index < -0.39 is 5.66 Å². The molecule has 0 spiro atoms. The van der Waals surface area contributed by atoms with Gasteiger partial charge in [-0.1, -0.05) is 18.2 Å². The summed E-state index contributed by atoms with van der Waals surface area (Å²) in [6.07, 6.45) is 6.16. The van der Waals surface area contributed by atoms with Crippen molar-refractivity contribution < 1.29 is 4.74 Å². The highest BCUT2D eigenvalue weighted by atomic mass is 16.5. The molecule has 4 nitrogen and oxygen atoms in total. The van der Waals surface area contributed by atoms with Crippen LogP contribution in [0.1, 0.15) is 29.0 Å². The maximum Gasteiger partial charge on any atom is 0.122 e. The second-order valence-electron chi connectivity index (χ2n) is 6.36. The highest BCUT2D eigenvalue weighted by Gasteiger charge is 2.41.